The van der Waals surface area contributed by atoms with Crippen LogP contribution in [0.1, 0.15) is 19.4 Å². The van der Waals surface area contributed by atoms with Crippen LogP contribution in [0.3, 0.4) is 0 Å². The number of nitrogens with zero attached hydrogens (tertiary/aromatic N) is 1. The number of aromatic nitrogens is 1. The van der Waals surface area contributed by atoms with E-state index in [1.165, 1.54) is 18.3 Å². The highest BCUT2D eigenvalue weighted by Gasteiger charge is 2.14. The molecule has 0 aliphatic heterocycles. The summed E-state index contributed by atoms with van der Waals surface area (Å²) >= 11 is 0. The number of nitrogens with one attached hydrogen (secondary N) is 1. The second-order valence-electron chi connectivity index (χ2n) is 4.99. The summed E-state index contributed by atoms with van der Waals surface area (Å²) in [6.45, 7) is 5.68. The second kappa shape index (κ2) is 6.13. The molecule has 0 radical (unpaired) electrons. The van der Waals surface area contributed by atoms with Crippen molar-refractivity contribution >= 4 is 15.7 Å². The molecule has 6 heteroatoms. The normalized spacial score (nSPS) is 11.4. The van der Waals surface area contributed by atoms with Crippen LogP contribution in [0.4, 0.5) is 5.69 Å². The Balaban J connectivity index is 2.19. The summed E-state index contributed by atoms with van der Waals surface area (Å²) in [7, 11) is -3.62. The van der Waals surface area contributed by atoms with Crippen molar-refractivity contribution in [1.29, 1.82) is 0 Å². The van der Waals surface area contributed by atoms with E-state index in [2.05, 4.69) is 9.71 Å². The quantitative estimate of drug-likeness (QED) is 0.922. The van der Waals surface area contributed by atoms with Crippen molar-refractivity contribution in [3.05, 3.63) is 48.3 Å². The van der Waals surface area contributed by atoms with Crippen LogP contribution in [-0.4, -0.2) is 19.5 Å². The molecule has 0 fully saturated rings. The summed E-state index contributed by atoms with van der Waals surface area (Å²) in [5, 5.41) is 0. The highest BCUT2D eigenvalue weighted by molar-refractivity contribution is 7.92. The highest BCUT2D eigenvalue weighted by atomic mass is 32.2. The Labute approximate surface area is 125 Å². The molecule has 0 bridgehead atoms. The van der Waals surface area contributed by atoms with E-state index < -0.39 is 10.0 Å². The third-order valence-electron chi connectivity index (χ3n) is 2.63. The fourth-order valence-corrected chi connectivity index (χ4v) is 2.83. The lowest BCUT2D eigenvalue weighted by Crippen LogP contribution is -2.13. The number of benzene rings is 1. The van der Waals surface area contributed by atoms with Gasteiger partial charge in [0.2, 0.25) is 0 Å². The van der Waals surface area contributed by atoms with Gasteiger partial charge in [-0.25, -0.2) is 8.42 Å². The minimum atomic E-state index is -3.62. The van der Waals surface area contributed by atoms with Gasteiger partial charge in [0.25, 0.3) is 10.0 Å². The van der Waals surface area contributed by atoms with Gasteiger partial charge in [-0.3, -0.25) is 9.71 Å². The summed E-state index contributed by atoms with van der Waals surface area (Å²) in [6, 6.07) is 8.04. The average molecular weight is 306 g/mol. The predicted molar refractivity (Wildman–Crippen MR) is 82.0 cm³/mol. The molecule has 0 aliphatic carbocycles. The molecule has 1 aromatic heterocycles. The van der Waals surface area contributed by atoms with E-state index in [9.17, 15) is 8.42 Å². The molecule has 0 unspecified atom stereocenters. The van der Waals surface area contributed by atoms with Gasteiger partial charge in [-0.2, -0.15) is 0 Å². The minimum absolute atomic E-state index is 0.0453. The monoisotopic (exact) mass is 306 g/mol. The number of hydrogen-bond acceptors (Lipinski definition) is 4. The minimum Gasteiger partial charge on any atom is -0.491 e. The first-order chi connectivity index (χ1) is 9.87. The van der Waals surface area contributed by atoms with Crippen molar-refractivity contribution < 1.29 is 13.2 Å². The van der Waals surface area contributed by atoms with E-state index >= 15 is 0 Å². The number of anilines is 1. The van der Waals surface area contributed by atoms with E-state index in [0.29, 0.717) is 11.4 Å². The van der Waals surface area contributed by atoms with Crippen LogP contribution in [0.5, 0.6) is 5.75 Å². The first-order valence-corrected chi connectivity index (χ1v) is 8.06. The van der Waals surface area contributed by atoms with Crippen LogP contribution in [0.15, 0.2) is 47.6 Å². The first kappa shape index (κ1) is 15.3. The van der Waals surface area contributed by atoms with Crippen LogP contribution in [0.25, 0.3) is 0 Å². The maximum Gasteiger partial charge on any atom is 0.261 e. The zero-order chi connectivity index (χ0) is 15.5. The standard InChI is InChI=1S/C15H18N2O3S/c1-11(2)20-14-4-6-15(7-5-14)21(18,19)17-13-8-12(3)9-16-10-13/h4-11,17H,1-3H3. The molecule has 1 heterocycles. The van der Waals surface area contributed by atoms with Crippen molar-refractivity contribution in [3.8, 4) is 5.75 Å². The van der Waals surface area contributed by atoms with Gasteiger partial charge in [0.05, 0.1) is 22.9 Å². The Morgan fingerprint density at radius 3 is 2.38 bits per heavy atom. The van der Waals surface area contributed by atoms with Crippen LogP contribution in [0.2, 0.25) is 0 Å². The summed E-state index contributed by atoms with van der Waals surface area (Å²) in [5.41, 5.74) is 1.33. The van der Waals surface area contributed by atoms with Crippen molar-refractivity contribution in [2.45, 2.75) is 31.8 Å². The summed E-state index contributed by atoms with van der Waals surface area (Å²) < 4.78 is 32.5. The van der Waals surface area contributed by atoms with Gasteiger partial charge in [0.1, 0.15) is 5.75 Å². The SMILES string of the molecule is Cc1cncc(NS(=O)(=O)c2ccc(OC(C)C)cc2)c1. The van der Waals surface area contributed by atoms with Crippen molar-refractivity contribution in [2.24, 2.45) is 0 Å². The lowest BCUT2D eigenvalue weighted by molar-refractivity contribution is 0.242. The third-order valence-corrected chi connectivity index (χ3v) is 4.03. The zero-order valence-electron chi connectivity index (χ0n) is 12.2. The number of sulfonamides is 1. The lowest BCUT2D eigenvalue weighted by Gasteiger charge is -2.11. The van der Waals surface area contributed by atoms with Gasteiger partial charge in [-0.1, -0.05) is 0 Å². The molecule has 2 aromatic rings. The van der Waals surface area contributed by atoms with E-state index in [-0.39, 0.29) is 11.0 Å². The Bertz CT molecular complexity index is 710. The topological polar surface area (TPSA) is 68.3 Å². The fraction of sp³-hybridized carbons (Fsp3) is 0.267. The van der Waals surface area contributed by atoms with Crippen molar-refractivity contribution in [1.82, 2.24) is 4.98 Å². The molecular formula is C15H18N2O3S. The number of hydrogen-bond donors (Lipinski definition) is 1. The maximum absolute atomic E-state index is 12.3. The molecule has 112 valence electrons. The second-order valence-corrected chi connectivity index (χ2v) is 6.68. The molecular weight excluding hydrogens is 288 g/mol. The highest BCUT2D eigenvalue weighted by Crippen LogP contribution is 2.20. The molecule has 21 heavy (non-hydrogen) atoms. The largest absolute Gasteiger partial charge is 0.491 e. The van der Waals surface area contributed by atoms with E-state index in [4.69, 9.17) is 4.74 Å². The summed E-state index contributed by atoms with van der Waals surface area (Å²) in [5.74, 6) is 0.640. The van der Waals surface area contributed by atoms with Crippen LogP contribution < -0.4 is 9.46 Å². The van der Waals surface area contributed by atoms with Crippen LogP contribution in [-0.2, 0) is 10.0 Å². The molecule has 0 aliphatic rings. The lowest BCUT2D eigenvalue weighted by atomic mass is 10.3. The summed E-state index contributed by atoms with van der Waals surface area (Å²) in [6.07, 6.45) is 3.18. The van der Waals surface area contributed by atoms with Crippen molar-refractivity contribution in [3.63, 3.8) is 0 Å². The Morgan fingerprint density at radius 2 is 1.81 bits per heavy atom. The van der Waals surface area contributed by atoms with Gasteiger partial charge in [0.15, 0.2) is 0 Å². The maximum atomic E-state index is 12.3. The van der Waals surface area contributed by atoms with Crippen LogP contribution in [0, 0.1) is 6.92 Å². The summed E-state index contributed by atoms with van der Waals surface area (Å²) in [4.78, 5) is 4.14. The number of aryl methyl sites for hydroxylation is 1. The van der Waals surface area contributed by atoms with Crippen molar-refractivity contribution in [2.75, 3.05) is 4.72 Å². The zero-order valence-corrected chi connectivity index (χ0v) is 13.0. The van der Waals surface area contributed by atoms with Gasteiger partial charge < -0.3 is 4.74 Å². The van der Waals surface area contributed by atoms with Gasteiger partial charge >= 0.3 is 0 Å². The molecule has 0 amide bonds. The molecule has 5 nitrogen and oxygen atoms in total. The third kappa shape index (κ3) is 4.19. The molecule has 2 rings (SSSR count). The first-order valence-electron chi connectivity index (χ1n) is 6.58. The van der Waals surface area contributed by atoms with Crippen LogP contribution >= 0.6 is 0 Å². The predicted octanol–water partition coefficient (Wildman–Crippen LogP) is 2.98. The van der Waals surface area contributed by atoms with Gasteiger partial charge in [0, 0.05) is 6.20 Å². The average Bonchev–Trinajstić information content (AvgIpc) is 2.38. The van der Waals surface area contributed by atoms with E-state index in [0.717, 1.165) is 5.56 Å². The smallest absolute Gasteiger partial charge is 0.261 e. The van der Waals surface area contributed by atoms with E-state index in [1.807, 2.05) is 20.8 Å². The molecule has 1 aromatic carbocycles. The fourth-order valence-electron chi connectivity index (χ4n) is 1.79. The molecule has 0 spiro atoms. The number of rotatable bonds is 5. The van der Waals surface area contributed by atoms with Gasteiger partial charge in [-0.05, 0) is 56.7 Å². The molecule has 1 N–H and O–H groups in total. The Morgan fingerprint density at radius 1 is 1.14 bits per heavy atom. The van der Waals surface area contributed by atoms with Gasteiger partial charge in [-0.15, -0.1) is 0 Å². The molecule has 0 saturated heterocycles. The number of pyridine rings is 1. The Hall–Kier alpha value is -2.08. The number of ether oxygens (including phenoxy) is 1. The molecule has 0 saturated carbocycles. The van der Waals surface area contributed by atoms with E-state index in [1.54, 1.807) is 24.4 Å². The molecule has 0 atom stereocenters. The Kier molecular flexibility index (Phi) is 4.47.